The number of hydrogen-bond donors (Lipinski definition) is 4. The molecular formula is C27H21ClF3N3O7S. The number of amides is 2. The number of carboxylic acids is 1. The number of carbonyl (C=O) groups excluding carboxylic acids is 1. The molecule has 4 rings (SSSR count). The van der Waals surface area contributed by atoms with Gasteiger partial charge in [0.1, 0.15) is 5.75 Å². The van der Waals surface area contributed by atoms with Gasteiger partial charge in [-0.1, -0.05) is 29.3 Å². The van der Waals surface area contributed by atoms with Gasteiger partial charge in [-0.2, -0.15) is 21.6 Å². The summed E-state index contributed by atoms with van der Waals surface area (Å²) in [5, 5.41) is 13.4. The van der Waals surface area contributed by atoms with E-state index in [1.807, 2.05) is 6.92 Å². The van der Waals surface area contributed by atoms with Gasteiger partial charge in [0.2, 0.25) is 0 Å². The molecular weight excluding hydrogens is 603 g/mol. The number of anilines is 2. The van der Waals surface area contributed by atoms with Crippen molar-refractivity contribution in [2.24, 2.45) is 0 Å². The van der Waals surface area contributed by atoms with Gasteiger partial charge < -0.3 is 20.5 Å². The average Bonchev–Trinajstić information content (AvgIpc) is 2.90. The summed E-state index contributed by atoms with van der Waals surface area (Å²) in [7, 11) is -4.02. The summed E-state index contributed by atoms with van der Waals surface area (Å²) in [6.07, 6.45) is -3.34. The van der Waals surface area contributed by atoms with Crippen LogP contribution in [0.5, 0.6) is 11.5 Å². The lowest BCUT2D eigenvalue weighted by molar-refractivity contribution is -0.137. The topological polar surface area (TPSA) is 155 Å². The monoisotopic (exact) mass is 623 g/mol. The number of urea groups is 1. The van der Waals surface area contributed by atoms with Crippen LogP contribution in [0.15, 0.2) is 90.0 Å². The van der Waals surface area contributed by atoms with Crippen LogP contribution in [0.2, 0.25) is 5.02 Å². The van der Waals surface area contributed by atoms with Gasteiger partial charge in [-0.05, 0) is 73.7 Å². The van der Waals surface area contributed by atoms with Crippen molar-refractivity contribution >= 4 is 45.1 Å². The maximum absolute atomic E-state index is 12.9. The number of alkyl halides is 3. The van der Waals surface area contributed by atoms with Crippen LogP contribution in [0.4, 0.5) is 29.3 Å². The number of benzene rings is 3. The summed E-state index contributed by atoms with van der Waals surface area (Å²) in [5.41, 5.74) is -0.140. The van der Waals surface area contributed by atoms with Crippen LogP contribution < -0.4 is 15.4 Å². The molecule has 0 saturated carbocycles. The number of aromatic nitrogens is 1. The van der Waals surface area contributed by atoms with E-state index in [1.54, 1.807) is 12.1 Å². The first-order chi connectivity index (χ1) is 19.6. The van der Waals surface area contributed by atoms with Crippen molar-refractivity contribution in [1.29, 1.82) is 0 Å². The Morgan fingerprint density at radius 3 is 2.10 bits per heavy atom. The van der Waals surface area contributed by atoms with Gasteiger partial charge in [0.15, 0.2) is 11.4 Å². The Balaban J connectivity index is 0.000000369. The maximum Gasteiger partial charge on any atom is 0.417 e. The molecule has 0 unspecified atom stereocenters. The van der Waals surface area contributed by atoms with Crippen LogP contribution >= 0.6 is 11.6 Å². The van der Waals surface area contributed by atoms with E-state index in [2.05, 4.69) is 15.6 Å². The molecule has 0 saturated heterocycles. The zero-order chi connectivity index (χ0) is 31.1. The second kappa shape index (κ2) is 13.3. The molecule has 0 fully saturated rings. The first-order valence-corrected chi connectivity index (χ1v) is 13.4. The molecule has 0 atom stereocenters. The molecule has 10 nitrogen and oxygen atoms in total. The summed E-state index contributed by atoms with van der Waals surface area (Å²) in [5.74, 6) is -0.924. The fourth-order valence-corrected chi connectivity index (χ4v) is 3.90. The van der Waals surface area contributed by atoms with E-state index in [-0.39, 0.29) is 27.8 Å². The van der Waals surface area contributed by atoms with E-state index in [9.17, 15) is 31.2 Å². The Labute approximate surface area is 242 Å². The smallest absolute Gasteiger partial charge is 0.417 e. The minimum Gasteiger partial charge on any atom is -0.476 e. The van der Waals surface area contributed by atoms with Gasteiger partial charge in [0.05, 0.1) is 15.5 Å². The Morgan fingerprint density at radius 1 is 0.929 bits per heavy atom. The third kappa shape index (κ3) is 9.19. The minimum atomic E-state index is -4.66. The summed E-state index contributed by atoms with van der Waals surface area (Å²) < 4.78 is 73.8. The summed E-state index contributed by atoms with van der Waals surface area (Å²) in [6, 6.07) is 17.1. The van der Waals surface area contributed by atoms with Crippen LogP contribution in [-0.4, -0.2) is 35.1 Å². The minimum absolute atomic E-state index is 0.0386. The third-order valence-corrected chi connectivity index (χ3v) is 6.36. The SMILES string of the molecule is Cc1ccc(S(=O)(=O)O)cc1.O=C(Nc1ccc(Oc2cccnc2C(=O)O)cc1)Nc1ccc(Cl)c(C(F)(F)F)c1. The van der Waals surface area contributed by atoms with Gasteiger partial charge >= 0.3 is 18.2 Å². The van der Waals surface area contributed by atoms with Gasteiger partial charge in [0.25, 0.3) is 10.1 Å². The number of nitrogens with one attached hydrogen (secondary N) is 2. The number of nitrogens with zero attached hydrogens (tertiary/aromatic N) is 1. The molecule has 3 aromatic carbocycles. The normalized spacial score (nSPS) is 11.1. The number of halogens is 4. The second-order valence-electron chi connectivity index (χ2n) is 8.34. The van der Waals surface area contributed by atoms with Crippen LogP contribution in [0.25, 0.3) is 0 Å². The molecule has 0 bridgehead atoms. The molecule has 0 spiro atoms. The summed E-state index contributed by atoms with van der Waals surface area (Å²) in [4.78, 5) is 26.9. The van der Waals surface area contributed by atoms with Crippen LogP contribution in [0.1, 0.15) is 21.6 Å². The van der Waals surface area contributed by atoms with Crippen molar-refractivity contribution in [3.05, 3.63) is 107 Å². The number of hydrogen-bond acceptors (Lipinski definition) is 6. The highest BCUT2D eigenvalue weighted by molar-refractivity contribution is 7.85. The molecule has 1 aromatic heterocycles. The van der Waals surface area contributed by atoms with E-state index >= 15 is 0 Å². The molecule has 0 aliphatic heterocycles. The zero-order valence-electron chi connectivity index (χ0n) is 21.4. The molecule has 0 radical (unpaired) electrons. The molecule has 0 aliphatic rings. The van der Waals surface area contributed by atoms with Crippen molar-refractivity contribution in [2.45, 2.75) is 18.0 Å². The molecule has 1 heterocycles. The van der Waals surface area contributed by atoms with Crippen molar-refractivity contribution in [3.63, 3.8) is 0 Å². The number of carboxylic acid groups (broad SMARTS) is 1. The van der Waals surface area contributed by atoms with Crippen molar-refractivity contribution in [2.75, 3.05) is 10.6 Å². The molecule has 4 N–H and O–H groups in total. The maximum atomic E-state index is 12.9. The van der Waals surface area contributed by atoms with E-state index < -0.39 is 38.9 Å². The van der Waals surface area contributed by atoms with E-state index in [0.717, 1.165) is 17.7 Å². The lowest BCUT2D eigenvalue weighted by Gasteiger charge is -2.13. The molecule has 4 aromatic rings. The average molecular weight is 624 g/mol. The number of carbonyl (C=O) groups is 2. The molecule has 42 heavy (non-hydrogen) atoms. The quantitative estimate of drug-likeness (QED) is 0.165. The summed E-state index contributed by atoms with van der Waals surface area (Å²) in [6.45, 7) is 1.84. The number of pyridine rings is 1. The van der Waals surface area contributed by atoms with E-state index in [0.29, 0.717) is 5.69 Å². The lowest BCUT2D eigenvalue weighted by Crippen LogP contribution is -2.19. The summed E-state index contributed by atoms with van der Waals surface area (Å²) >= 11 is 5.55. The second-order valence-corrected chi connectivity index (χ2v) is 10.2. The van der Waals surface area contributed by atoms with Crippen molar-refractivity contribution in [1.82, 2.24) is 4.98 Å². The highest BCUT2D eigenvalue weighted by atomic mass is 35.5. The lowest BCUT2D eigenvalue weighted by atomic mass is 10.2. The Morgan fingerprint density at radius 2 is 1.52 bits per heavy atom. The Hall–Kier alpha value is -4.66. The first-order valence-electron chi connectivity index (χ1n) is 11.6. The van der Waals surface area contributed by atoms with Gasteiger partial charge in [-0.3, -0.25) is 4.55 Å². The van der Waals surface area contributed by atoms with Crippen molar-refractivity contribution in [3.8, 4) is 11.5 Å². The van der Waals surface area contributed by atoms with Crippen LogP contribution in [0.3, 0.4) is 0 Å². The first kappa shape index (κ1) is 31.9. The van der Waals surface area contributed by atoms with Gasteiger partial charge in [-0.15, -0.1) is 0 Å². The number of ether oxygens (including phenoxy) is 1. The van der Waals surface area contributed by atoms with Crippen LogP contribution in [0, 0.1) is 6.92 Å². The van der Waals surface area contributed by atoms with E-state index in [1.165, 1.54) is 60.8 Å². The van der Waals surface area contributed by atoms with E-state index in [4.69, 9.17) is 26.0 Å². The molecule has 2 amide bonds. The predicted molar refractivity (Wildman–Crippen MR) is 148 cm³/mol. The highest BCUT2D eigenvalue weighted by Gasteiger charge is 2.33. The fraction of sp³-hybridized carbons (Fsp3) is 0.0741. The molecule has 0 aliphatic carbocycles. The van der Waals surface area contributed by atoms with Gasteiger partial charge in [-0.25, -0.2) is 14.6 Å². The Bertz CT molecular complexity index is 1680. The fourth-order valence-electron chi connectivity index (χ4n) is 3.19. The molecule has 15 heteroatoms. The number of rotatable bonds is 6. The predicted octanol–water partition coefficient (Wildman–Crippen LogP) is 7.13. The highest BCUT2D eigenvalue weighted by Crippen LogP contribution is 2.36. The molecule has 220 valence electrons. The number of aromatic carboxylic acids is 1. The largest absolute Gasteiger partial charge is 0.476 e. The third-order valence-electron chi connectivity index (χ3n) is 5.16. The van der Waals surface area contributed by atoms with Crippen molar-refractivity contribution < 1.29 is 45.6 Å². The zero-order valence-corrected chi connectivity index (χ0v) is 23.0. The standard InChI is InChI=1S/C20H13ClF3N3O4.C7H8O3S/c21-15-8-5-12(10-14(15)20(22,23)24)27-19(30)26-11-3-6-13(7-4-11)31-16-2-1-9-25-17(16)18(28)29;1-6-2-4-7(5-3-6)11(8,9)10/h1-10H,(H,28,29)(H2,26,27,30);2-5H,1H3,(H,8,9,10). The Kier molecular flexibility index (Phi) is 10.1. The van der Waals surface area contributed by atoms with Gasteiger partial charge in [0, 0.05) is 17.6 Å². The number of aryl methyl sites for hydroxylation is 1. The van der Waals surface area contributed by atoms with Crippen LogP contribution in [-0.2, 0) is 16.3 Å².